The highest BCUT2D eigenvalue weighted by Gasteiger charge is 2.33. The Labute approximate surface area is 212 Å². The second kappa shape index (κ2) is 12.2. The van der Waals surface area contributed by atoms with E-state index in [2.05, 4.69) is 5.32 Å². The van der Waals surface area contributed by atoms with Gasteiger partial charge in [0.05, 0.1) is 19.1 Å². The van der Waals surface area contributed by atoms with Gasteiger partial charge < -0.3 is 15.0 Å². The van der Waals surface area contributed by atoms with Gasteiger partial charge in [0.1, 0.15) is 24.2 Å². The van der Waals surface area contributed by atoms with Crippen molar-refractivity contribution < 1.29 is 27.1 Å². The number of ether oxygens (including phenoxy) is 1. The van der Waals surface area contributed by atoms with Crippen LogP contribution in [0.2, 0.25) is 0 Å². The number of carbonyl (C=O) groups excluding carboxylic acids is 2. The standard InChI is InChI=1S/C26H34FN3O5S/c1-4-23(26(32)28-20-11-5-6-12-20)29(17-19-10-9-13-21(16-19)35-2)25(31)18-30(36(3,33)34)24-15-8-7-14-22(24)27/h7-10,13-16,20,23H,4-6,11-12,17-18H2,1-3H3,(H,28,32)/t23-/m0/s1. The Bertz CT molecular complexity index is 1170. The molecule has 0 radical (unpaired) electrons. The Hall–Kier alpha value is -3.14. The molecule has 1 N–H and O–H groups in total. The van der Waals surface area contributed by atoms with E-state index in [0.717, 1.165) is 42.3 Å². The van der Waals surface area contributed by atoms with Crippen LogP contribution in [-0.4, -0.2) is 57.1 Å². The quantitative estimate of drug-likeness (QED) is 0.491. The smallest absolute Gasteiger partial charge is 0.244 e. The van der Waals surface area contributed by atoms with Crippen molar-refractivity contribution in [3.8, 4) is 5.75 Å². The van der Waals surface area contributed by atoms with Crippen molar-refractivity contribution in [1.29, 1.82) is 0 Å². The first-order chi connectivity index (χ1) is 17.1. The molecule has 3 rings (SSSR count). The molecule has 1 atom stereocenters. The molecule has 0 saturated heterocycles. The fourth-order valence-electron chi connectivity index (χ4n) is 4.50. The highest BCUT2D eigenvalue weighted by Crippen LogP contribution is 2.24. The third kappa shape index (κ3) is 6.96. The third-order valence-corrected chi connectivity index (χ3v) is 7.50. The van der Waals surface area contributed by atoms with Crippen molar-refractivity contribution in [1.82, 2.24) is 10.2 Å². The fourth-order valence-corrected chi connectivity index (χ4v) is 5.35. The number of benzene rings is 2. The number of methoxy groups -OCH3 is 1. The summed E-state index contributed by atoms with van der Waals surface area (Å²) < 4.78 is 45.7. The molecule has 2 aromatic carbocycles. The van der Waals surface area contributed by atoms with E-state index >= 15 is 0 Å². The van der Waals surface area contributed by atoms with Gasteiger partial charge in [-0.2, -0.15) is 0 Å². The summed E-state index contributed by atoms with van der Waals surface area (Å²) in [6.45, 7) is 1.22. The number of halogens is 1. The predicted octanol–water partition coefficient (Wildman–Crippen LogP) is 3.47. The molecule has 0 bridgehead atoms. The second-order valence-corrected chi connectivity index (χ2v) is 10.9. The molecule has 0 unspecified atom stereocenters. The van der Waals surface area contributed by atoms with Gasteiger partial charge in [0.25, 0.3) is 0 Å². The van der Waals surface area contributed by atoms with E-state index in [1.807, 2.05) is 0 Å². The van der Waals surface area contributed by atoms with Gasteiger partial charge in [-0.05, 0) is 49.1 Å². The van der Waals surface area contributed by atoms with E-state index in [1.165, 1.54) is 30.2 Å². The maximum absolute atomic E-state index is 14.5. The molecule has 0 aliphatic heterocycles. The first kappa shape index (κ1) is 27.4. The lowest BCUT2D eigenvalue weighted by Crippen LogP contribution is -2.53. The summed E-state index contributed by atoms with van der Waals surface area (Å²) in [6, 6.07) is 11.7. The maximum Gasteiger partial charge on any atom is 0.244 e. The van der Waals surface area contributed by atoms with E-state index in [1.54, 1.807) is 31.2 Å². The molecule has 8 nitrogen and oxygen atoms in total. The summed E-state index contributed by atoms with van der Waals surface area (Å²) in [4.78, 5) is 28.3. The minimum Gasteiger partial charge on any atom is -0.497 e. The number of anilines is 1. The minimum absolute atomic E-state index is 0.0570. The van der Waals surface area contributed by atoms with Gasteiger partial charge in [-0.25, -0.2) is 12.8 Å². The van der Waals surface area contributed by atoms with E-state index in [-0.39, 0.29) is 24.2 Å². The van der Waals surface area contributed by atoms with Crippen molar-refractivity contribution in [3.63, 3.8) is 0 Å². The topological polar surface area (TPSA) is 96.0 Å². The molecule has 2 aromatic rings. The van der Waals surface area contributed by atoms with Crippen LogP contribution in [0.5, 0.6) is 5.75 Å². The van der Waals surface area contributed by atoms with Crippen molar-refractivity contribution in [2.45, 2.75) is 57.7 Å². The highest BCUT2D eigenvalue weighted by atomic mass is 32.2. The fraction of sp³-hybridized carbons (Fsp3) is 0.462. The highest BCUT2D eigenvalue weighted by molar-refractivity contribution is 7.92. The summed E-state index contributed by atoms with van der Waals surface area (Å²) in [5.41, 5.74) is 0.491. The molecule has 0 aromatic heterocycles. The zero-order valence-corrected chi connectivity index (χ0v) is 21.8. The van der Waals surface area contributed by atoms with Gasteiger partial charge in [0.15, 0.2) is 0 Å². The summed E-state index contributed by atoms with van der Waals surface area (Å²) in [6.07, 6.45) is 5.11. The minimum atomic E-state index is -4.00. The van der Waals surface area contributed by atoms with Gasteiger partial charge >= 0.3 is 0 Å². The summed E-state index contributed by atoms with van der Waals surface area (Å²) in [7, 11) is -2.47. The van der Waals surface area contributed by atoms with E-state index in [0.29, 0.717) is 17.7 Å². The van der Waals surface area contributed by atoms with Crippen LogP contribution in [0, 0.1) is 5.82 Å². The number of hydrogen-bond donors (Lipinski definition) is 1. The maximum atomic E-state index is 14.5. The number of nitrogens with one attached hydrogen (secondary N) is 1. The Morgan fingerprint density at radius 2 is 1.83 bits per heavy atom. The normalized spacial score (nSPS) is 14.8. The molecule has 1 saturated carbocycles. The Balaban J connectivity index is 1.94. The number of rotatable bonds is 11. The van der Waals surface area contributed by atoms with E-state index < -0.39 is 34.3 Å². The molecule has 2 amide bonds. The van der Waals surface area contributed by atoms with Crippen molar-refractivity contribution in [2.75, 3.05) is 24.2 Å². The summed E-state index contributed by atoms with van der Waals surface area (Å²) in [5, 5.41) is 3.05. The van der Waals surface area contributed by atoms with E-state index in [4.69, 9.17) is 4.74 Å². The third-order valence-electron chi connectivity index (χ3n) is 6.37. The molecule has 1 aliphatic carbocycles. The van der Waals surface area contributed by atoms with Crippen LogP contribution >= 0.6 is 0 Å². The molecule has 10 heteroatoms. The van der Waals surface area contributed by atoms with E-state index in [9.17, 15) is 22.4 Å². The average molecular weight is 520 g/mol. The Kier molecular flexibility index (Phi) is 9.31. The lowest BCUT2D eigenvalue weighted by Gasteiger charge is -2.33. The summed E-state index contributed by atoms with van der Waals surface area (Å²) >= 11 is 0. The monoisotopic (exact) mass is 519 g/mol. The van der Waals surface area contributed by atoms with Gasteiger partial charge in [0.2, 0.25) is 21.8 Å². The largest absolute Gasteiger partial charge is 0.497 e. The van der Waals surface area contributed by atoms with Crippen LogP contribution in [-0.2, 0) is 26.2 Å². The molecular formula is C26H34FN3O5S. The van der Waals surface area contributed by atoms with Crippen LogP contribution in [0.1, 0.15) is 44.6 Å². The van der Waals surface area contributed by atoms with Crippen LogP contribution in [0.3, 0.4) is 0 Å². The number of hydrogen-bond acceptors (Lipinski definition) is 5. The summed E-state index contributed by atoms with van der Waals surface area (Å²) in [5.74, 6) is -1.06. The molecule has 0 heterocycles. The SMILES string of the molecule is CC[C@@H](C(=O)NC1CCCC1)N(Cc1cccc(OC)c1)C(=O)CN(c1ccccc1F)S(C)(=O)=O. The molecule has 36 heavy (non-hydrogen) atoms. The van der Waals surface area contributed by atoms with Crippen LogP contribution in [0.25, 0.3) is 0 Å². The zero-order valence-electron chi connectivity index (χ0n) is 20.9. The van der Waals surface area contributed by atoms with Crippen molar-refractivity contribution in [2.24, 2.45) is 0 Å². The number of carbonyl (C=O) groups is 2. The van der Waals surface area contributed by atoms with Crippen LogP contribution in [0.15, 0.2) is 48.5 Å². The molecule has 1 fully saturated rings. The molecule has 196 valence electrons. The molecular weight excluding hydrogens is 485 g/mol. The van der Waals surface area contributed by atoms with Gasteiger partial charge in [-0.15, -0.1) is 0 Å². The number of amides is 2. The Morgan fingerprint density at radius 1 is 1.14 bits per heavy atom. The number of para-hydroxylation sites is 1. The molecule has 0 spiro atoms. The lowest BCUT2D eigenvalue weighted by atomic mass is 10.1. The predicted molar refractivity (Wildman–Crippen MR) is 137 cm³/mol. The first-order valence-corrected chi connectivity index (χ1v) is 13.9. The second-order valence-electron chi connectivity index (χ2n) is 9.01. The van der Waals surface area contributed by atoms with Gasteiger partial charge in [-0.3, -0.25) is 13.9 Å². The average Bonchev–Trinajstić information content (AvgIpc) is 3.35. The zero-order chi connectivity index (χ0) is 26.3. The van der Waals surface area contributed by atoms with Crippen molar-refractivity contribution >= 4 is 27.5 Å². The van der Waals surface area contributed by atoms with Crippen molar-refractivity contribution in [3.05, 3.63) is 59.9 Å². The Morgan fingerprint density at radius 3 is 2.44 bits per heavy atom. The van der Waals surface area contributed by atoms with Crippen LogP contribution < -0.4 is 14.4 Å². The lowest BCUT2D eigenvalue weighted by molar-refractivity contribution is -0.140. The number of sulfonamides is 1. The molecule has 1 aliphatic rings. The van der Waals surface area contributed by atoms with Gasteiger partial charge in [-0.1, -0.05) is 44.0 Å². The first-order valence-electron chi connectivity index (χ1n) is 12.1. The van der Waals surface area contributed by atoms with Crippen LogP contribution in [0.4, 0.5) is 10.1 Å². The van der Waals surface area contributed by atoms with Gasteiger partial charge in [0, 0.05) is 12.6 Å². The number of nitrogens with zero attached hydrogens (tertiary/aromatic N) is 2.